The van der Waals surface area contributed by atoms with Gasteiger partial charge >= 0.3 is 0 Å². The predicted octanol–water partition coefficient (Wildman–Crippen LogP) is 0.816. The molecule has 2 aliphatic heterocycles. The molecule has 112 valence electrons. The molecule has 2 fully saturated rings. The van der Waals surface area contributed by atoms with Crippen molar-refractivity contribution in [1.29, 1.82) is 0 Å². The van der Waals surface area contributed by atoms with E-state index in [0.29, 0.717) is 6.61 Å². The van der Waals surface area contributed by atoms with Crippen molar-refractivity contribution in [3.63, 3.8) is 0 Å². The number of nitrogens with one attached hydrogen (secondary N) is 1. The Bertz CT molecular complexity index is 252. The Balaban J connectivity index is 0.00000180. The van der Waals surface area contributed by atoms with Crippen molar-refractivity contribution in [1.82, 2.24) is 10.2 Å². The molecule has 2 saturated heterocycles. The van der Waals surface area contributed by atoms with E-state index in [1.807, 2.05) is 4.90 Å². The fourth-order valence-corrected chi connectivity index (χ4v) is 2.40. The van der Waals surface area contributed by atoms with Crippen molar-refractivity contribution in [3.05, 3.63) is 0 Å². The lowest BCUT2D eigenvalue weighted by molar-refractivity contribution is -0.138. The summed E-state index contributed by atoms with van der Waals surface area (Å²) < 4.78 is 11.1. The summed E-state index contributed by atoms with van der Waals surface area (Å²) in [5.41, 5.74) is 0. The lowest BCUT2D eigenvalue weighted by Crippen LogP contribution is -2.37. The van der Waals surface area contributed by atoms with Gasteiger partial charge in [-0.05, 0) is 32.2 Å². The Hall–Kier alpha value is -0.360. The molecule has 0 saturated carbocycles. The summed E-state index contributed by atoms with van der Waals surface area (Å²) in [6.07, 6.45) is 4.63. The molecule has 0 bridgehead atoms. The minimum Gasteiger partial charge on any atom is -0.376 e. The van der Waals surface area contributed by atoms with E-state index in [1.54, 1.807) is 0 Å². The predicted molar refractivity (Wildman–Crippen MR) is 75.7 cm³/mol. The van der Waals surface area contributed by atoms with Crippen LogP contribution in [0.1, 0.15) is 25.7 Å². The monoisotopic (exact) mass is 292 g/mol. The molecule has 0 aromatic rings. The smallest absolute Gasteiger partial charge is 0.248 e. The van der Waals surface area contributed by atoms with Gasteiger partial charge in [-0.3, -0.25) is 4.79 Å². The van der Waals surface area contributed by atoms with E-state index in [4.69, 9.17) is 9.47 Å². The number of carbonyl (C=O) groups is 1. The van der Waals surface area contributed by atoms with E-state index in [-0.39, 0.29) is 31.0 Å². The first kappa shape index (κ1) is 16.7. The number of halogens is 1. The SMILES string of the molecule is Cl.O=C(COCC1CCCCO1)N1CCCNCC1. The summed E-state index contributed by atoms with van der Waals surface area (Å²) in [6.45, 7) is 5.10. The first-order chi connectivity index (χ1) is 8.86. The molecule has 0 radical (unpaired) electrons. The number of ether oxygens (including phenoxy) is 2. The van der Waals surface area contributed by atoms with Crippen LogP contribution in [-0.4, -0.2) is 62.9 Å². The van der Waals surface area contributed by atoms with Crippen molar-refractivity contribution in [2.24, 2.45) is 0 Å². The van der Waals surface area contributed by atoms with Crippen LogP contribution in [0.25, 0.3) is 0 Å². The first-order valence-electron chi connectivity index (χ1n) is 7.04. The van der Waals surface area contributed by atoms with Crippen LogP contribution >= 0.6 is 12.4 Å². The summed E-state index contributed by atoms with van der Waals surface area (Å²) >= 11 is 0. The Morgan fingerprint density at radius 2 is 2.16 bits per heavy atom. The minimum atomic E-state index is 0. The average Bonchev–Trinajstić information content (AvgIpc) is 2.69. The molecule has 0 spiro atoms. The quantitative estimate of drug-likeness (QED) is 0.833. The summed E-state index contributed by atoms with van der Waals surface area (Å²) in [7, 11) is 0. The highest BCUT2D eigenvalue weighted by atomic mass is 35.5. The highest BCUT2D eigenvalue weighted by Gasteiger charge is 2.17. The molecule has 0 aromatic carbocycles. The number of hydrogen-bond acceptors (Lipinski definition) is 4. The maximum Gasteiger partial charge on any atom is 0.248 e. The molecule has 1 N–H and O–H groups in total. The van der Waals surface area contributed by atoms with Gasteiger partial charge in [-0.2, -0.15) is 0 Å². The zero-order chi connectivity index (χ0) is 12.6. The van der Waals surface area contributed by atoms with Crippen LogP contribution < -0.4 is 5.32 Å². The van der Waals surface area contributed by atoms with Gasteiger partial charge in [-0.1, -0.05) is 0 Å². The molecule has 6 heteroatoms. The van der Waals surface area contributed by atoms with E-state index in [0.717, 1.165) is 52.0 Å². The van der Waals surface area contributed by atoms with Crippen LogP contribution in [0.2, 0.25) is 0 Å². The van der Waals surface area contributed by atoms with Crippen LogP contribution in [0.4, 0.5) is 0 Å². The number of nitrogens with zero attached hydrogens (tertiary/aromatic N) is 1. The molecule has 2 heterocycles. The topological polar surface area (TPSA) is 50.8 Å². The fourth-order valence-electron chi connectivity index (χ4n) is 2.40. The van der Waals surface area contributed by atoms with Crippen LogP contribution in [0.3, 0.4) is 0 Å². The third-order valence-electron chi connectivity index (χ3n) is 3.50. The Morgan fingerprint density at radius 3 is 2.95 bits per heavy atom. The van der Waals surface area contributed by atoms with Gasteiger partial charge in [0.2, 0.25) is 5.91 Å². The fraction of sp³-hybridized carbons (Fsp3) is 0.923. The molecule has 1 unspecified atom stereocenters. The van der Waals surface area contributed by atoms with Gasteiger partial charge in [0.05, 0.1) is 12.7 Å². The Morgan fingerprint density at radius 1 is 1.26 bits per heavy atom. The molecule has 2 rings (SSSR count). The lowest BCUT2D eigenvalue weighted by atomic mass is 10.1. The van der Waals surface area contributed by atoms with Crippen LogP contribution in [0.5, 0.6) is 0 Å². The summed E-state index contributed by atoms with van der Waals surface area (Å²) in [4.78, 5) is 13.8. The van der Waals surface area contributed by atoms with Crippen LogP contribution in [0.15, 0.2) is 0 Å². The molecular weight excluding hydrogens is 268 g/mol. The van der Waals surface area contributed by atoms with Gasteiger partial charge in [-0.15, -0.1) is 12.4 Å². The van der Waals surface area contributed by atoms with E-state index >= 15 is 0 Å². The number of hydrogen-bond donors (Lipinski definition) is 1. The number of carbonyl (C=O) groups excluding carboxylic acids is 1. The minimum absolute atomic E-state index is 0. The standard InChI is InChI=1S/C13H24N2O3.ClH/c16-13(15-7-3-5-14-6-8-15)11-17-10-12-4-1-2-9-18-12;/h12,14H,1-11H2;1H. The van der Waals surface area contributed by atoms with Crippen molar-refractivity contribution in [2.75, 3.05) is 46.0 Å². The third kappa shape index (κ3) is 6.08. The van der Waals surface area contributed by atoms with Crippen molar-refractivity contribution < 1.29 is 14.3 Å². The van der Waals surface area contributed by atoms with Gasteiger partial charge in [0.1, 0.15) is 6.61 Å². The van der Waals surface area contributed by atoms with Crippen molar-refractivity contribution in [2.45, 2.75) is 31.8 Å². The highest BCUT2D eigenvalue weighted by molar-refractivity contribution is 5.85. The van der Waals surface area contributed by atoms with Gasteiger partial charge in [0, 0.05) is 26.2 Å². The second-order valence-corrected chi connectivity index (χ2v) is 4.99. The maximum absolute atomic E-state index is 11.9. The molecule has 2 aliphatic rings. The van der Waals surface area contributed by atoms with Gasteiger partial charge < -0.3 is 19.7 Å². The second kappa shape index (κ2) is 9.53. The van der Waals surface area contributed by atoms with Gasteiger partial charge in [0.25, 0.3) is 0 Å². The summed E-state index contributed by atoms with van der Waals surface area (Å²) in [5, 5.41) is 3.29. The first-order valence-corrected chi connectivity index (χ1v) is 7.04. The molecule has 19 heavy (non-hydrogen) atoms. The highest BCUT2D eigenvalue weighted by Crippen LogP contribution is 2.12. The number of amides is 1. The zero-order valence-corrected chi connectivity index (χ0v) is 12.3. The van der Waals surface area contributed by atoms with Crippen molar-refractivity contribution >= 4 is 18.3 Å². The average molecular weight is 293 g/mol. The molecular formula is C13H25ClN2O3. The summed E-state index contributed by atoms with van der Waals surface area (Å²) in [6, 6.07) is 0. The molecule has 0 aliphatic carbocycles. The third-order valence-corrected chi connectivity index (χ3v) is 3.50. The van der Waals surface area contributed by atoms with Crippen molar-refractivity contribution in [3.8, 4) is 0 Å². The maximum atomic E-state index is 11.9. The number of rotatable bonds is 4. The largest absolute Gasteiger partial charge is 0.376 e. The van der Waals surface area contributed by atoms with E-state index in [1.165, 1.54) is 6.42 Å². The van der Waals surface area contributed by atoms with E-state index in [9.17, 15) is 4.79 Å². The molecule has 1 atom stereocenters. The molecule has 5 nitrogen and oxygen atoms in total. The Kier molecular flexibility index (Phi) is 8.37. The van der Waals surface area contributed by atoms with Gasteiger partial charge in [0.15, 0.2) is 0 Å². The molecule has 0 aromatic heterocycles. The van der Waals surface area contributed by atoms with Crippen LogP contribution in [-0.2, 0) is 14.3 Å². The second-order valence-electron chi connectivity index (χ2n) is 4.99. The lowest BCUT2D eigenvalue weighted by Gasteiger charge is -2.23. The summed E-state index contributed by atoms with van der Waals surface area (Å²) in [5.74, 6) is 0.106. The van der Waals surface area contributed by atoms with E-state index < -0.39 is 0 Å². The normalized spacial score (nSPS) is 24.4. The zero-order valence-electron chi connectivity index (χ0n) is 11.4. The van der Waals surface area contributed by atoms with Crippen LogP contribution in [0, 0.1) is 0 Å². The molecule has 1 amide bonds. The Labute approximate surface area is 121 Å². The van der Waals surface area contributed by atoms with E-state index in [2.05, 4.69) is 5.32 Å². The van der Waals surface area contributed by atoms with Gasteiger partial charge in [-0.25, -0.2) is 0 Å².